The first-order valence-corrected chi connectivity index (χ1v) is 5.64. The van der Waals surface area contributed by atoms with Crippen molar-refractivity contribution in [2.24, 2.45) is 5.41 Å². The van der Waals surface area contributed by atoms with E-state index in [9.17, 15) is 9.59 Å². The van der Waals surface area contributed by atoms with Crippen molar-refractivity contribution in [3.05, 3.63) is 12.2 Å². The zero-order chi connectivity index (χ0) is 10.9. The van der Waals surface area contributed by atoms with Crippen LogP contribution in [0.2, 0.25) is 0 Å². The number of aldehydes is 1. The van der Waals surface area contributed by atoms with Gasteiger partial charge >= 0.3 is 0 Å². The van der Waals surface area contributed by atoms with E-state index in [-0.39, 0.29) is 17.4 Å². The molecule has 0 aromatic heterocycles. The van der Waals surface area contributed by atoms with Crippen molar-refractivity contribution in [3.63, 3.8) is 0 Å². The molecule has 0 saturated carbocycles. The van der Waals surface area contributed by atoms with Gasteiger partial charge in [0.25, 0.3) is 0 Å². The molecule has 2 heterocycles. The molecule has 0 spiro atoms. The van der Waals surface area contributed by atoms with E-state index in [0.717, 1.165) is 25.5 Å². The second-order valence-electron chi connectivity index (χ2n) is 4.48. The van der Waals surface area contributed by atoms with Gasteiger partial charge in [-0.25, -0.2) is 0 Å². The minimum Gasteiger partial charge on any atom is -0.335 e. The Kier molecular flexibility index (Phi) is 2.63. The van der Waals surface area contributed by atoms with Gasteiger partial charge in [-0.1, -0.05) is 19.1 Å². The standard InChI is InChI=1S/C12H17NO2/c1-2-12(9-14)7-3-4-8-13-10(12)5-6-11(13)15/h3-4,9-10H,2,5-8H2,1H3/t10-,12+/m0/s1. The van der Waals surface area contributed by atoms with E-state index in [2.05, 4.69) is 0 Å². The Hall–Kier alpha value is -1.12. The highest BCUT2D eigenvalue weighted by molar-refractivity contribution is 5.80. The average molecular weight is 207 g/mol. The van der Waals surface area contributed by atoms with Crippen molar-refractivity contribution in [2.75, 3.05) is 6.54 Å². The maximum Gasteiger partial charge on any atom is 0.223 e. The summed E-state index contributed by atoms with van der Waals surface area (Å²) in [5, 5.41) is 0. The van der Waals surface area contributed by atoms with Crippen LogP contribution in [-0.4, -0.2) is 29.7 Å². The zero-order valence-electron chi connectivity index (χ0n) is 9.11. The average Bonchev–Trinajstić information content (AvgIpc) is 2.53. The van der Waals surface area contributed by atoms with Gasteiger partial charge in [0.15, 0.2) is 0 Å². The number of carbonyl (C=O) groups is 2. The van der Waals surface area contributed by atoms with Crippen molar-refractivity contribution < 1.29 is 9.59 Å². The van der Waals surface area contributed by atoms with Gasteiger partial charge in [0.05, 0.1) is 0 Å². The first-order valence-electron chi connectivity index (χ1n) is 5.64. The Bertz CT molecular complexity index is 311. The molecule has 0 aliphatic carbocycles. The second kappa shape index (κ2) is 3.80. The first kappa shape index (κ1) is 10.4. The van der Waals surface area contributed by atoms with Gasteiger partial charge in [-0.15, -0.1) is 0 Å². The van der Waals surface area contributed by atoms with Crippen molar-refractivity contribution in [3.8, 4) is 0 Å². The third-order valence-corrected chi connectivity index (χ3v) is 3.85. The Morgan fingerprint density at radius 1 is 1.60 bits per heavy atom. The Morgan fingerprint density at radius 3 is 3.07 bits per heavy atom. The summed E-state index contributed by atoms with van der Waals surface area (Å²) in [5.41, 5.74) is -0.334. The zero-order valence-corrected chi connectivity index (χ0v) is 9.11. The van der Waals surface area contributed by atoms with E-state index >= 15 is 0 Å². The minimum atomic E-state index is -0.334. The number of amides is 1. The van der Waals surface area contributed by atoms with E-state index in [1.54, 1.807) is 0 Å². The van der Waals surface area contributed by atoms with E-state index in [4.69, 9.17) is 0 Å². The Morgan fingerprint density at radius 2 is 2.40 bits per heavy atom. The van der Waals surface area contributed by atoms with E-state index in [1.807, 2.05) is 24.0 Å². The largest absolute Gasteiger partial charge is 0.335 e. The quantitative estimate of drug-likeness (QED) is 0.508. The van der Waals surface area contributed by atoms with E-state index in [0.29, 0.717) is 13.0 Å². The molecular formula is C12H17NO2. The molecule has 15 heavy (non-hydrogen) atoms. The lowest BCUT2D eigenvalue weighted by molar-refractivity contribution is -0.131. The minimum absolute atomic E-state index is 0.127. The van der Waals surface area contributed by atoms with Crippen LogP contribution in [-0.2, 0) is 9.59 Å². The van der Waals surface area contributed by atoms with E-state index in [1.165, 1.54) is 0 Å². The molecule has 0 unspecified atom stereocenters. The fraction of sp³-hybridized carbons (Fsp3) is 0.667. The summed E-state index contributed by atoms with van der Waals surface area (Å²) in [5.74, 6) is 0.200. The van der Waals surface area contributed by atoms with Gasteiger partial charge in [0.2, 0.25) is 5.91 Å². The smallest absolute Gasteiger partial charge is 0.223 e. The van der Waals surface area contributed by atoms with Crippen molar-refractivity contribution >= 4 is 12.2 Å². The van der Waals surface area contributed by atoms with Crippen LogP contribution < -0.4 is 0 Å². The van der Waals surface area contributed by atoms with Crippen LogP contribution in [0.3, 0.4) is 0 Å². The molecule has 1 fully saturated rings. The van der Waals surface area contributed by atoms with Gasteiger partial charge in [-0.2, -0.15) is 0 Å². The summed E-state index contributed by atoms with van der Waals surface area (Å²) < 4.78 is 0. The Labute approximate surface area is 90.1 Å². The SMILES string of the molecule is CC[C@]1(C=O)CC=CCN2C(=O)CC[C@H]21. The normalized spacial score (nSPS) is 35.1. The van der Waals surface area contributed by atoms with Crippen LogP contribution in [0.5, 0.6) is 0 Å². The van der Waals surface area contributed by atoms with Gasteiger partial charge in [0.1, 0.15) is 6.29 Å². The molecule has 2 rings (SSSR count). The molecule has 82 valence electrons. The number of fused-ring (bicyclic) bond motifs is 1. The number of nitrogens with zero attached hydrogens (tertiary/aromatic N) is 1. The third-order valence-electron chi connectivity index (χ3n) is 3.85. The molecule has 0 N–H and O–H groups in total. The lowest BCUT2D eigenvalue weighted by Crippen LogP contribution is -2.45. The summed E-state index contributed by atoms with van der Waals surface area (Å²) in [7, 11) is 0. The molecular weight excluding hydrogens is 190 g/mol. The fourth-order valence-electron chi connectivity index (χ4n) is 2.78. The number of hydrogen-bond donors (Lipinski definition) is 0. The summed E-state index contributed by atoms with van der Waals surface area (Å²) in [6, 6.07) is 0.127. The molecule has 1 amide bonds. The molecule has 1 saturated heterocycles. The molecule has 3 nitrogen and oxygen atoms in total. The lowest BCUT2D eigenvalue weighted by Gasteiger charge is -2.36. The van der Waals surface area contributed by atoms with Crippen LogP contribution >= 0.6 is 0 Å². The number of hydrogen-bond acceptors (Lipinski definition) is 2. The molecule has 0 aromatic rings. The Balaban J connectivity index is 2.34. The van der Waals surface area contributed by atoms with Gasteiger partial charge < -0.3 is 9.69 Å². The molecule has 2 aliphatic heterocycles. The summed E-state index contributed by atoms with van der Waals surface area (Å²) in [4.78, 5) is 24.9. The van der Waals surface area contributed by atoms with Crippen LogP contribution in [0.4, 0.5) is 0 Å². The van der Waals surface area contributed by atoms with Gasteiger partial charge in [-0.05, 0) is 19.3 Å². The predicted molar refractivity (Wildman–Crippen MR) is 57.3 cm³/mol. The highest BCUT2D eigenvalue weighted by Crippen LogP contribution is 2.39. The van der Waals surface area contributed by atoms with Crippen molar-refractivity contribution in [2.45, 2.75) is 38.6 Å². The monoisotopic (exact) mass is 207 g/mol. The molecule has 0 radical (unpaired) electrons. The van der Waals surface area contributed by atoms with Crippen molar-refractivity contribution in [1.82, 2.24) is 4.90 Å². The fourth-order valence-corrected chi connectivity index (χ4v) is 2.78. The second-order valence-corrected chi connectivity index (χ2v) is 4.48. The number of allylic oxidation sites excluding steroid dienone is 1. The number of rotatable bonds is 2. The summed E-state index contributed by atoms with van der Waals surface area (Å²) in [6.45, 7) is 2.72. The molecule has 2 atom stereocenters. The third kappa shape index (κ3) is 1.50. The maximum absolute atomic E-state index is 11.7. The van der Waals surface area contributed by atoms with Crippen LogP contribution in [0.1, 0.15) is 32.6 Å². The highest BCUT2D eigenvalue weighted by atomic mass is 16.2. The number of carbonyl (C=O) groups excluding carboxylic acids is 2. The first-order chi connectivity index (χ1) is 7.23. The van der Waals surface area contributed by atoms with Gasteiger partial charge in [0, 0.05) is 24.4 Å². The topological polar surface area (TPSA) is 37.4 Å². The highest BCUT2D eigenvalue weighted by Gasteiger charge is 2.45. The molecule has 0 aromatic carbocycles. The van der Waals surface area contributed by atoms with Crippen LogP contribution in [0, 0.1) is 5.41 Å². The van der Waals surface area contributed by atoms with Crippen LogP contribution in [0.15, 0.2) is 12.2 Å². The molecule has 3 heteroatoms. The van der Waals surface area contributed by atoms with E-state index < -0.39 is 0 Å². The summed E-state index contributed by atoms with van der Waals surface area (Å²) >= 11 is 0. The maximum atomic E-state index is 11.7. The van der Waals surface area contributed by atoms with Gasteiger partial charge in [-0.3, -0.25) is 4.79 Å². The van der Waals surface area contributed by atoms with Crippen LogP contribution in [0.25, 0.3) is 0 Å². The lowest BCUT2D eigenvalue weighted by atomic mass is 9.75. The predicted octanol–water partition coefficient (Wildman–Crippen LogP) is 1.53. The van der Waals surface area contributed by atoms with Crippen molar-refractivity contribution in [1.29, 1.82) is 0 Å². The summed E-state index contributed by atoms with van der Waals surface area (Å²) in [6.07, 6.45) is 8.16. The molecule has 2 aliphatic rings. The molecule has 0 bridgehead atoms.